The number of anilines is 1. The van der Waals surface area contributed by atoms with Crippen LogP contribution in [0, 0.1) is 0 Å². The van der Waals surface area contributed by atoms with Gasteiger partial charge in [-0.15, -0.1) is 0 Å². The summed E-state index contributed by atoms with van der Waals surface area (Å²) in [7, 11) is 3.67. The molecular weight excluding hydrogens is 262 g/mol. The van der Waals surface area contributed by atoms with Crippen LogP contribution in [-0.2, 0) is 0 Å². The topological polar surface area (TPSA) is 27.3 Å². The number of hydrogen-bond acceptors (Lipinski definition) is 2. The van der Waals surface area contributed by atoms with Crippen LogP contribution in [0.3, 0.4) is 0 Å². The zero-order valence-corrected chi connectivity index (χ0v) is 10.4. The molecule has 0 spiro atoms. The van der Waals surface area contributed by atoms with Gasteiger partial charge in [-0.3, -0.25) is 5.01 Å². The van der Waals surface area contributed by atoms with Crippen molar-refractivity contribution in [3.63, 3.8) is 0 Å². The molecule has 0 aliphatic rings. The summed E-state index contributed by atoms with van der Waals surface area (Å²) in [6.45, 7) is 0. The fraction of sp³-hybridized carbons (Fsp3) is 0.222. The summed E-state index contributed by atoms with van der Waals surface area (Å²) in [6, 6.07) is 7.85. The average molecular weight is 274 g/mol. The van der Waals surface area contributed by atoms with E-state index in [9.17, 15) is 0 Å². The van der Waals surface area contributed by atoms with E-state index in [2.05, 4.69) is 26.7 Å². The van der Waals surface area contributed by atoms with Crippen molar-refractivity contribution in [3.05, 3.63) is 28.7 Å². The maximum atomic E-state index is 5.14. The first-order valence-electron chi connectivity index (χ1n) is 4.11. The molecule has 0 heterocycles. The van der Waals surface area contributed by atoms with E-state index in [1.807, 2.05) is 38.4 Å². The van der Waals surface area contributed by atoms with Gasteiger partial charge in [-0.25, -0.2) is 5.43 Å². The highest BCUT2D eigenvalue weighted by Gasteiger charge is 2.01. The lowest BCUT2D eigenvalue weighted by molar-refractivity contribution is 0.416. The fourth-order valence-corrected chi connectivity index (χ4v) is 1.48. The van der Waals surface area contributed by atoms with Gasteiger partial charge in [0, 0.05) is 24.3 Å². The summed E-state index contributed by atoms with van der Waals surface area (Å²) < 4.78 is 1.03. The van der Waals surface area contributed by atoms with Crippen LogP contribution in [0.25, 0.3) is 0 Å². The first kappa shape index (κ1) is 11.4. The molecule has 0 aliphatic carbocycles. The SMILES string of the molecule is CNN(C)C(=S)Nc1cccc(Br)c1. The Morgan fingerprint density at radius 3 is 2.79 bits per heavy atom. The van der Waals surface area contributed by atoms with Gasteiger partial charge in [0.05, 0.1) is 0 Å². The van der Waals surface area contributed by atoms with E-state index in [1.54, 1.807) is 5.01 Å². The van der Waals surface area contributed by atoms with E-state index in [1.165, 1.54) is 0 Å². The first-order chi connectivity index (χ1) is 6.63. The van der Waals surface area contributed by atoms with Crippen molar-refractivity contribution >= 4 is 38.9 Å². The number of halogens is 1. The van der Waals surface area contributed by atoms with Gasteiger partial charge in [0.2, 0.25) is 0 Å². The van der Waals surface area contributed by atoms with Crippen molar-refractivity contribution in [3.8, 4) is 0 Å². The molecule has 2 N–H and O–H groups in total. The minimum absolute atomic E-state index is 0.630. The zero-order chi connectivity index (χ0) is 10.6. The first-order valence-corrected chi connectivity index (χ1v) is 5.31. The Morgan fingerprint density at radius 2 is 2.21 bits per heavy atom. The molecule has 0 atom stereocenters. The minimum Gasteiger partial charge on any atom is -0.331 e. The van der Waals surface area contributed by atoms with Gasteiger partial charge in [0.15, 0.2) is 5.11 Å². The largest absolute Gasteiger partial charge is 0.331 e. The third kappa shape index (κ3) is 3.25. The molecule has 0 unspecified atom stereocenters. The second kappa shape index (κ2) is 5.29. The summed E-state index contributed by atoms with van der Waals surface area (Å²) in [5, 5.41) is 5.46. The maximum absolute atomic E-state index is 5.14. The van der Waals surface area contributed by atoms with Crippen molar-refractivity contribution in [1.82, 2.24) is 10.4 Å². The number of rotatable bonds is 2. The zero-order valence-electron chi connectivity index (χ0n) is 8.04. The Bertz CT molecular complexity index is 330. The lowest BCUT2D eigenvalue weighted by atomic mass is 10.3. The van der Waals surface area contributed by atoms with Crippen molar-refractivity contribution in [1.29, 1.82) is 0 Å². The van der Waals surface area contributed by atoms with Gasteiger partial charge < -0.3 is 5.32 Å². The quantitative estimate of drug-likeness (QED) is 0.638. The number of hydrazine groups is 1. The molecular formula is C9H12BrN3S. The number of thiocarbonyl (C=S) groups is 1. The van der Waals surface area contributed by atoms with Crippen molar-refractivity contribution in [2.24, 2.45) is 0 Å². The highest BCUT2D eigenvalue weighted by Crippen LogP contribution is 2.15. The van der Waals surface area contributed by atoms with Gasteiger partial charge in [-0.05, 0) is 30.4 Å². The van der Waals surface area contributed by atoms with E-state index in [-0.39, 0.29) is 0 Å². The lowest BCUT2D eigenvalue weighted by Crippen LogP contribution is -2.39. The van der Waals surface area contributed by atoms with E-state index < -0.39 is 0 Å². The van der Waals surface area contributed by atoms with E-state index >= 15 is 0 Å². The second-order valence-electron chi connectivity index (χ2n) is 2.72. The number of nitrogens with zero attached hydrogens (tertiary/aromatic N) is 1. The molecule has 0 radical (unpaired) electrons. The van der Waals surface area contributed by atoms with Gasteiger partial charge in [-0.1, -0.05) is 22.0 Å². The van der Waals surface area contributed by atoms with E-state index in [0.29, 0.717) is 5.11 Å². The van der Waals surface area contributed by atoms with Crippen LogP contribution < -0.4 is 10.7 Å². The van der Waals surface area contributed by atoms with Crippen LogP contribution in [0.4, 0.5) is 5.69 Å². The molecule has 0 aromatic heterocycles. The lowest BCUT2D eigenvalue weighted by Gasteiger charge is -2.19. The molecule has 14 heavy (non-hydrogen) atoms. The Balaban J connectivity index is 2.65. The number of hydrogen-bond donors (Lipinski definition) is 2. The molecule has 1 aromatic rings. The summed E-state index contributed by atoms with van der Waals surface area (Å²) >= 11 is 8.53. The average Bonchev–Trinajstić information content (AvgIpc) is 2.16. The standard InChI is InChI=1S/C9H12BrN3S/c1-11-13(2)9(14)12-8-5-3-4-7(10)6-8/h3-6,11H,1-2H3,(H,12,14). The predicted octanol–water partition coefficient (Wildman–Crippen LogP) is 2.21. The molecule has 3 nitrogen and oxygen atoms in total. The molecule has 0 amide bonds. The third-order valence-corrected chi connectivity index (χ3v) is 2.59. The summed E-state index contributed by atoms with van der Waals surface area (Å²) in [5.74, 6) is 0. The number of nitrogens with one attached hydrogen (secondary N) is 2. The van der Waals surface area contributed by atoms with Crippen molar-refractivity contribution in [2.45, 2.75) is 0 Å². The van der Waals surface area contributed by atoms with Gasteiger partial charge in [-0.2, -0.15) is 0 Å². The molecule has 0 aliphatic heterocycles. The molecule has 76 valence electrons. The van der Waals surface area contributed by atoms with Crippen LogP contribution in [0.15, 0.2) is 28.7 Å². The molecule has 5 heteroatoms. The molecule has 1 rings (SSSR count). The summed E-state index contributed by atoms with van der Waals surface area (Å²) in [6.07, 6.45) is 0. The Labute approximate surface area is 97.6 Å². The highest BCUT2D eigenvalue weighted by atomic mass is 79.9. The van der Waals surface area contributed by atoms with Crippen molar-refractivity contribution < 1.29 is 0 Å². The minimum atomic E-state index is 0.630. The van der Waals surface area contributed by atoms with E-state index in [4.69, 9.17) is 12.2 Å². The molecule has 0 saturated heterocycles. The molecule has 0 bridgehead atoms. The molecule has 1 aromatic carbocycles. The summed E-state index contributed by atoms with van der Waals surface area (Å²) in [4.78, 5) is 0. The molecule has 0 fully saturated rings. The number of benzene rings is 1. The Hall–Kier alpha value is -0.650. The van der Waals surface area contributed by atoms with Crippen molar-refractivity contribution in [2.75, 3.05) is 19.4 Å². The van der Waals surface area contributed by atoms with Crippen LogP contribution in [-0.4, -0.2) is 24.2 Å². The van der Waals surface area contributed by atoms with Gasteiger partial charge in [0.25, 0.3) is 0 Å². The predicted molar refractivity (Wildman–Crippen MR) is 67.2 cm³/mol. The maximum Gasteiger partial charge on any atom is 0.187 e. The molecule has 0 saturated carbocycles. The Kier molecular flexibility index (Phi) is 4.31. The fourth-order valence-electron chi connectivity index (χ4n) is 0.875. The summed E-state index contributed by atoms with van der Waals surface area (Å²) in [5.41, 5.74) is 3.88. The smallest absolute Gasteiger partial charge is 0.187 e. The Morgan fingerprint density at radius 1 is 1.50 bits per heavy atom. The van der Waals surface area contributed by atoms with Crippen LogP contribution in [0.1, 0.15) is 0 Å². The van der Waals surface area contributed by atoms with E-state index in [0.717, 1.165) is 10.2 Å². The normalized spacial score (nSPS) is 9.64. The van der Waals surface area contributed by atoms with Crippen LogP contribution in [0.5, 0.6) is 0 Å². The van der Waals surface area contributed by atoms with Gasteiger partial charge in [0.1, 0.15) is 0 Å². The highest BCUT2D eigenvalue weighted by molar-refractivity contribution is 9.10. The van der Waals surface area contributed by atoms with Crippen LogP contribution >= 0.6 is 28.1 Å². The third-order valence-electron chi connectivity index (χ3n) is 1.72. The van der Waals surface area contributed by atoms with Crippen LogP contribution in [0.2, 0.25) is 0 Å². The second-order valence-corrected chi connectivity index (χ2v) is 4.03. The van der Waals surface area contributed by atoms with Gasteiger partial charge >= 0.3 is 0 Å². The monoisotopic (exact) mass is 273 g/mol.